The molecule has 2 N–H and O–H groups in total. The molecule has 2 atom stereocenters. The summed E-state index contributed by atoms with van der Waals surface area (Å²) in [5.74, 6) is 0.00163. The van der Waals surface area contributed by atoms with Crippen LogP contribution in [-0.4, -0.2) is 37.7 Å². The monoisotopic (exact) mass is 242 g/mol. The van der Waals surface area contributed by atoms with E-state index in [2.05, 4.69) is 17.6 Å². The Morgan fingerprint density at radius 2 is 2.35 bits per heavy atom. The molecule has 1 amide bonds. The van der Waals surface area contributed by atoms with Crippen LogP contribution in [0.4, 0.5) is 0 Å². The summed E-state index contributed by atoms with van der Waals surface area (Å²) in [6.45, 7) is 6.06. The normalized spacial score (nSPS) is 22.1. The van der Waals surface area contributed by atoms with Crippen LogP contribution in [0.3, 0.4) is 0 Å². The molecule has 1 rings (SSSR count). The highest BCUT2D eigenvalue weighted by Gasteiger charge is 2.13. The van der Waals surface area contributed by atoms with Gasteiger partial charge in [0.1, 0.15) is 6.61 Å². The minimum absolute atomic E-state index is 0.00163. The lowest BCUT2D eigenvalue weighted by atomic mass is 10.1. The van der Waals surface area contributed by atoms with Gasteiger partial charge in [-0.3, -0.25) is 4.79 Å². The Bertz CT molecular complexity index is 215. The van der Waals surface area contributed by atoms with Crippen molar-refractivity contribution in [3.8, 4) is 0 Å². The zero-order chi connectivity index (χ0) is 12.5. The first-order valence-electron chi connectivity index (χ1n) is 6.83. The van der Waals surface area contributed by atoms with Crippen LogP contribution in [0.5, 0.6) is 0 Å². The van der Waals surface area contributed by atoms with E-state index in [0.29, 0.717) is 12.6 Å². The summed E-state index contributed by atoms with van der Waals surface area (Å²) in [5, 5.41) is 6.33. The molecule has 17 heavy (non-hydrogen) atoms. The maximum atomic E-state index is 11.5. The fraction of sp³-hybridized carbons (Fsp3) is 0.923. The Hall–Kier alpha value is -0.610. The third-order valence-corrected chi connectivity index (χ3v) is 3.09. The fourth-order valence-corrected chi connectivity index (χ4v) is 2.18. The van der Waals surface area contributed by atoms with Crippen LogP contribution in [0.25, 0.3) is 0 Å². The SMILES string of the molecule is CCCC(C)NC(=O)COCC1CCCCN1. The number of rotatable bonds is 7. The summed E-state index contributed by atoms with van der Waals surface area (Å²) < 4.78 is 5.44. The lowest BCUT2D eigenvalue weighted by Crippen LogP contribution is -2.40. The number of hydrogen-bond donors (Lipinski definition) is 2. The van der Waals surface area contributed by atoms with E-state index in [1.807, 2.05) is 6.92 Å². The van der Waals surface area contributed by atoms with Crippen molar-refractivity contribution in [3.63, 3.8) is 0 Å². The maximum absolute atomic E-state index is 11.5. The van der Waals surface area contributed by atoms with Gasteiger partial charge in [0, 0.05) is 12.1 Å². The molecular weight excluding hydrogens is 216 g/mol. The van der Waals surface area contributed by atoms with E-state index in [1.54, 1.807) is 0 Å². The summed E-state index contributed by atoms with van der Waals surface area (Å²) in [5.41, 5.74) is 0. The summed E-state index contributed by atoms with van der Waals surface area (Å²) in [6.07, 6.45) is 5.80. The summed E-state index contributed by atoms with van der Waals surface area (Å²) in [6, 6.07) is 0.688. The van der Waals surface area contributed by atoms with Gasteiger partial charge in [0.15, 0.2) is 0 Å². The molecule has 0 aliphatic carbocycles. The second-order valence-electron chi connectivity index (χ2n) is 4.92. The number of amides is 1. The van der Waals surface area contributed by atoms with Gasteiger partial charge in [-0.05, 0) is 32.7 Å². The predicted octanol–water partition coefficient (Wildman–Crippen LogP) is 1.45. The minimum Gasteiger partial charge on any atom is -0.370 e. The van der Waals surface area contributed by atoms with Gasteiger partial charge in [-0.25, -0.2) is 0 Å². The van der Waals surface area contributed by atoms with Crippen LogP contribution in [0.15, 0.2) is 0 Å². The molecule has 0 aromatic rings. The number of carbonyl (C=O) groups is 1. The van der Waals surface area contributed by atoms with E-state index in [4.69, 9.17) is 4.74 Å². The molecule has 0 spiro atoms. The van der Waals surface area contributed by atoms with Gasteiger partial charge in [0.2, 0.25) is 5.91 Å². The zero-order valence-corrected chi connectivity index (χ0v) is 11.1. The van der Waals surface area contributed by atoms with Crippen molar-refractivity contribution in [3.05, 3.63) is 0 Å². The Kier molecular flexibility index (Phi) is 7.21. The van der Waals surface area contributed by atoms with Crippen molar-refractivity contribution >= 4 is 5.91 Å². The lowest BCUT2D eigenvalue weighted by molar-refractivity contribution is -0.126. The number of piperidine rings is 1. The third-order valence-electron chi connectivity index (χ3n) is 3.09. The first-order valence-corrected chi connectivity index (χ1v) is 6.83. The standard InChI is InChI=1S/C13H26N2O2/c1-3-6-11(2)15-13(16)10-17-9-12-7-4-5-8-14-12/h11-12,14H,3-10H2,1-2H3,(H,15,16). The number of nitrogens with one attached hydrogen (secondary N) is 2. The van der Waals surface area contributed by atoms with E-state index >= 15 is 0 Å². The molecular formula is C13H26N2O2. The molecule has 1 aliphatic rings. The Morgan fingerprint density at radius 1 is 1.53 bits per heavy atom. The van der Waals surface area contributed by atoms with Gasteiger partial charge < -0.3 is 15.4 Å². The van der Waals surface area contributed by atoms with Crippen molar-refractivity contribution in [1.82, 2.24) is 10.6 Å². The van der Waals surface area contributed by atoms with Crippen molar-refractivity contribution in [2.75, 3.05) is 19.8 Å². The van der Waals surface area contributed by atoms with E-state index < -0.39 is 0 Å². The molecule has 0 aromatic heterocycles. The summed E-state index contributed by atoms with van der Waals surface area (Å²) in [7, 11) is 0. The molecule has 0 aromatic carbocycles. The van der Waals surface area contributed by atoms with Crippen LogP contribution >= 0.6 is 0 Å². The van der Waals surface area contributed by atoms with Crippen LogP contribution < -0.4 is 10.6 Å². The predicted molar refractivity (Wildman–Crippen MR) is 69.0 cm³/mol. The summed E-state index contributed by atoms with van der Waals surface area (Å²) in [4.78, 5) is 11.5. The van der Waals surface area contributed by atoms with Gasteiger partial charge >= 0.3 is 0 Å². The van der Waals surface area contributed by atoms with E-state index in [-0.39, 0.29) is 18.6 Å². The molecule has 2 unspecified atom stereocenters. The van der Waals surface area contributed by atoms with Gasteiger partial charge in [0.25, 0.3) is 0 Å². The lowest BCUT2D eigenvalue weighted by Gasteiger charge is -2.23. The Balaban J connectivity index is 2.03. The van der Waals surface area contributed by atoms with Crippen molar-refractivity contribution < 1.29 is 9.53 Å². The number of carbonyl (C=O) groups excluding carboxylic acids is 1. The molecule has 1 fully saturated rings. The fourth-order valence-electron chi connectivity index (χ4n) is 2.18. The highest BCUT2D eigenvalue weighted by Crippen LogP contribution is 2.06. The summed E-state index contributed by atoms with van der Waals surface area (Å²) >= 11 is 0. The van der Waals surface area contributed by atoms with Gasteiger partial charge in [-0.15, -0.1) is 0 Å². The zero-order valence-electron chi connectivity index (χ0n) is 11.1. The van der Waals surface area contributed by atoms with Crippen molar-refractivity contribution in [1.29, 1.82) is 0 Å². The second-order valence-corrected chi connectivity index (χ2v) is 4.92. The molecule has 1 heterocycles. The molecule has 0 saturated carbocycles. The van der Waals surface area contributed by atoms with Crippen molar-refractivity contribution in [2.45, 2.75) is 58.0 Å². The van der Waals surface area contributed by atoms with Gasteiger partial charge in [-0.2, -0.15) is 0 Å². The quantitative estimate of drug-likeness (QED) is 0.710. The molecule has 100 valence electrons. The first kappa shape index (κ1) is 14.5. The van der Waals surface area contributed by atoms with E-state index in [9.17, 15) is 4.79 Å². The molecule has 1 aliphatic heterocycles. The van der Waals surface area contributed by atoms with Gasteiger partial charge in [-0.1, -0.05) is 19.8 Å². The average Bonchev–Trinajstić information content (AvgIpc) is 2.30. The molecule has 1 saturated heterocycles. The third kappa shape index (κ3) is 6.64. The number of ether oxygens (including phenoxy) is 1. The average molecular weight is 242 g/mol. The molecule has 0 radical (unpaired) electrons. The Labute approximate surface area is 104 Å². The minimum atomic E-state index is 0.00163. The Morgan fingerprint density at radius 3 is 3.00 bits per heavy atom. The topological polar surface area (TPSA) is 50.4 Å². The molecule has 4 heteroatoms. The van der Waals surface area contributed by atoms with Crippen LogP contribution in [-0.2, 0) is 9.53 Å². The van der Waals surface area contributed by atoms with E-state index in [0.717, 1.165) is 25.8 Å². The highest BCUT2D eigenvalue weighted by molar-refractivity contribution is 5.77. The van der Waals surface area contributed by atoms with Crippen molar-refractivity contribution in [2.24, 2.45) is 0 Å². The highest BCUT2D eigenvalue weighted by atomic mass is 16.5. The number of hydrogen-bond acceptors (Lipinski definition) is 3. The van der Waals surface area contributed by atoms with Crippen LogP contribution in [0.1, 0.15) is 46.0 Å². The second kappa shape index (κ2) is 8.48. The first-order chi connectivity index (χ1) is 8.22. The molecule has 0 bridgehead atoms. The molecule has 4 nitrogen and oxygen atoms in total. The smallest absolute Gasteiger partial charge is 0.246 e. The van der Waals surface area contributed by atoms with E-state index in [1.165, 1.54) is 12.8 Å². The maximum Gasteiger partial charge on any atom is 0.246 e. The largest absolute Gasteiger partial charge is 0.370 e. The van der Waals surface area contributed by atoms with Gasteiger partial charge in [0.05, 0.1) is 6.61 Å². The van der Waals surface area contributed by atoms with Crippen LogP contribution in [0.2, 0.25) is 0 Å². The van der Waals surface area contributed by atoms with Crippen LogP contribution in [0, 0.1) is 0 Å².